The lowest BCUT2D eigenvalue weighted by atomic mass is 10.2. The first-order valence-corrected chi connectivity index (χ1v) is 6.56. The first kappa shape index (κ1) is 14.0. The molecule has 0 aliphatic heterocycles. The fraction of sp³-hybridized carbons (Fsp3) is 0.769. The van der Waals surface area contributed by atoms with E-state index in [9.17, 15) is 0 Å². The summed E-state index contributed by atoms with van der Waals surface area (Å²) in [6.07, 6.45) is 2.45. The molecule has 0 amide bonds. The van der Waals surface area contributed by atoms with E-state index < -0.39 is 0 Å². The van der Waals surface area contributed by atoms with Gasteiger partial charge in [-0.15, -0.1) is 0 Å². The van der Waals surface area contributed by atoms with Gasteiger partial charge in [0, 0.05) is 32.7 Å². The van der Waals surface area contributed by atoms with Crippen molar-refractivity contribution in [2.75, 3.05) is 25.0 Å². The van der Waals surface area contributed by atoms with Crippen LogP contribution in [0.3, 0.4) is 0 Å². The average molecular weight is 238 g/mol. The molecule has 0 radical (unpaired) electrons. The zero-order valence-corrected chi connectivity index (χ0v) is 11.9. The smallest absolute Gasteiger partial charge is 0.131 e. The monoisotopic (exact) mass is 238 g/mol. The molecule has 0 aliphatic carbocycles. The SMILES string of the molecule is CCCCN(C)c1c(CNCC)c(C)nn1C. The molecular weight excluding hydrogens is 212 g/mol. The van der Waals surface area contributed by atoms with E-state index in [4.69, 9.17) is 0 Å². The molecule has 1 rings (SSSR count). The number of rotatable bonds is 7. The summed E-state index contributed by atoms with van der Waals surface area (Å²) in [6.45, 7) is 9.43. The number of nitrogens with one attached hydrogen (secondary N) is 1. The second-order valence-corrected chi connectivity index (χ2v) is 4.57. The summed E-state index contributed by atoms with van der Waals surface area (Å²) in [4.78, 5) is 2.32. The summed E-state index contributed by atoms with van der Waals surface area (Å²) < 4.78 is 2.00. The lowest BCUT2D eigenvalue weighted by molar-refractivity contribution is 0.691. The molecule has 0 fully saturated rings. The van der Waals surface area contributed by atoms with E-state index in [0.29, 0.717) is 0 Å². The topological polar surface area (TPSA) is 33.1 Å². The molecular formula is C13H26N4. The molecule has 1 aromatic rings. The third-order valence-electron chi connectivity index (χ3n) is 3.07. The maximum absolute atomic E-state index is 4.53. The van der Waals surface area contributed by atoms with E-state index in [2.05, 4.69) is 43.1 Å². The molecule has 0 saturated heterocycles. The standard InChI is InChI=1S/C13H26N4/c1-6-8-9-16(4)13-12(10-14-7-2)11(3)15-17(13)5/h14H,6-10H2,1-5H3. The molecule has 98 valence electrons. The predicted molar refractivity (Wildman–Crippen MR) is 73.5 cm³/mol. The number of hydrogen-bond donors (Lipinski definition) is 1. The van der Waals surface area contributed by atoms with Crippen LogP contribution >= 0.6 is 0 Å². The number of anilines is 1. The minimum Gasteiger partial charge on any atom is -0.360 e. The lowest BCUT2D eigenvalue weighted by Gasteiger charge is -2.21. The van der Waals surface area contributed by atoms with E-state index in [0.717, 1.165) is 25.3 Å². The number of hydrogen-bond acceptors (Lipinski definition) is 3. The number of aryl methyl sites for hydroxylation is 2. The highest BCUT2D eigenvalue weighted by molar-refractivity contribution is 5.49. The van der Waals surface area contributed by atoms with Gasteiger partial charge in [0.1, 0.15) is 5.82 Å². The molecule has 17 heavy (non-hydrogen) atoms. The predicted octanol–water partition coefficient (Wildman–Crippen LogP) is 2.07. The van der Waals surface area contributed by atoms with Gasteiger partial charge >= 0.3 is 0 Å². The molecule has 1 aromatic heterocycles. The Kier molecular flexibility index (Phi) is 5.48. The van der Waals surface area contributed by atoms with Gasteiger partial charge in [0.05, 0.1) is 5.69 Å². The van der Waals surface area contributed by atoms with Gasteiger partial charge in [0.25, 0.3) is 0 Å². The minimum atomic E-state index is 0.905. The van der Waals surface area contributed by atoms with Gasteiger partial charge in [-0.25, -0.2) is 0 Å². The van der Waals surface area contributed by atoms with Crippen LogP contribution in [-0.2, 0) is 13.6 Å². The Labute approximate surface area is 105 Å². The highest BCUT2D eigenvalue weighted by Crippen LogP contribution is 2.22. The average Bonchev–Trinajstić information content (AvgIpc) is 2.58. The second-order valence-electron chi connectivity index (χ2n) is 4.57. The van der Waals surface area contributed by atoms with Crippen molar-refractivity contribution in [2.24, 2.45) is 7.05 Å². The van der Waals surface area contributed by atoms with Crippen LogP contribution in [0.1, 0.15) is 37.9 Å². The number of unbranched alkanes of at least 4 members (excludes halogenated alkanes) is 1. The third kappa shape index (κ3) is 3.46. The fourth-order valence-electron chi connectivity index (χ4n) is 2.13. The van der Waals surface area contributed by atoms with Crippen LogP contribution in [0.2, 0.25) is 0 Å². The summed E-state index contributed by atoms with van der Waals surface area (Å²) in [5, 5.41) is 7.92. The Hall–Kier alpha value is -1.03. The molecule has 1 N–H and O–H groups in total. The second kappa shape index (κ2) is 6.64. The van der Waals surface area contributed by atoms with Crippen LogP contribution in [0.4, 0.5) is 5.82 Å². The van der Waals surface area contributed by atoms with E-state index in [-0.39, 0.29) is 0 Å². The summed E-state index contributed by atoms with van der Waals surface area (Å²) in [7, 11) is 4.18. The molecule has 4 heteroatoms. The van der Waals surface area contributed by atoms with Crippen LogP contribution in [0, 0.1) is 6.92 Å². The van der Waals surface area contributed by atoms with Gasteiger partial charge in [0.2, 0.25) is 0 Å². The Morgan fingerprint density at radius 2 is 2.06 bits per heavy atom. The largest absolute Gasteiger partial charge is 0.360 e. The first-order valence-electron chi connectivity index (χ1n) is 6.56. The van der Waals surface area contributed by atoms with Crippen LogP contribution in [0.5, 0.6) is 0 Å². The van der Waals surface area contributed by atoms with Crippen molar-refractivity contribution in [3.8, 4) is 0 Å². The van der Waals surface area contributed by atoms with E-state index in [1.165, 1.54) is 24.2 Å². The zero-order chi connectivity index (χ0) is 12.8. The van der Waals surface area contributed by atoms with Gasteiger partial charge in [-0.3, -0.25) is 4.68 Å². The molecule has 0 unspecified atom stereocenters. The molecule has 0 spiro atoms. The van der Waals surface area contributed by atoms with Crippen molar-refractivity contribution >= 4 is 5.82 Å². The number of aromatic nitrogens is 2. The third-order valence-corrected chi connectivity index (χ3v) is 3.07. The van der Waals surface area contributed by atoms with Crippen molar-refractivity contribution in [3.05, 3.63) is 11.3 Å². The molecule has 1 heterocycles. The quantitative estimate of drug-likeness (QED) is 0.789. The molecule has 4 nitrogen and oxygen atoms in total. The summed E-state index contributed by atoms with van der Waals surface area (Å²) >= 11 is 0. The van der Waals surface area contributed by atoms with Crippen LogP contribution < -0.4 is 10.2 Å². The van der Waals surface area contributed by atoms with Crippen molar-refractivity contribution in [2.45, 2.75) is 40.2 Å². The molecule has 0 bridgehead atoms. The Morgan fingerprint density at radius 1 is 1.35 bits per heavy atom. The minimum absolute atomic E-state index is 0.905. The van der Waals surface area contributed by atoms with Gasteiger partial charge in [-0.1, -0.05) is 20.3 Å². The highest BCUT2D eigenvalue weighted by Gasteiger charge is 2.15. The van der Waals surface area contributed by atoms with Crippen molar-refractivity contribution in [1.29, 1.82) is 0 Å². The number of nitrogens with zero attached hydrogens (tertiary/aromatic N) is 3. The lowest BCUT2D eigenvalue weighted by Crippen LogP contribution is -2.24. The van der Waals surface area contributed by atoms with Crippen LogP contribution in [0.25, 0.3) is 0 Å². The van der Waals surface area contributed by atoms with E-state index in [1.807, 2.05) is 11.7 Å². The van der Waals surface area contributed by atoms with E-state index >= 15 is 0 Å². The Balaban J connectivity index is 2.87. The Morgan fingerprint density at radius 3 is 2.65 bits per heavy atom. The van der Waals surface area contributed by atoms with Crippen molar-refractivity contribution in [1.82, 2.24) is 15.1 Å². The van der Waals surface area contributed by atoms with Gasteiger partial charge < -0.3 is 10.2 Å². The molecule has 0 aliphatic rings. The van der Waals surface area contributed by atoms with E-state index in [1.54, 1.807) is 0 Å². The molecule has 0 saturated carbocycles. The normalized spacial score (nSPS) is 10.9. The zero-order valence-electron chi connectivity index (χ0n) is 11.9. The van der Waals surface area contributed by atoms with Crippen LogP contribution in [-0.4, -0.2) is 29.9 Å². The van der Waals surface area contributed by atoms with Gasteiger partial charge in [-0.05, 0) is 19.9 Å². The fourth-order valence-corrected chi connectivity index (χ4v) is 2.13. The van der Waals surface area contributed by atoms with Crippen molar-refractivity contribution < 1.29 is 0 Å². The maximum Gasteiger partial charge on any atom is 0.131 e. The summed E-state index contributed by atoms with van der Waals surface area (Å²) in [6, 6.07) is 0. The summed E-state index contributed by atoms with van der Waals surface area (Å²) in [5.41, 5.74) is 2.46. The maximum atomic E-state index is 4.53. The Bertz CT molecular complexity index is 343. The molecule has 0 atom stereocenters. The first-order chi connectivity index (χ1) is 8.11. The van der Waals surface area contributed by atoms with Gasteiger partial charge in [-0.2, -0.15) is 5.10 Å². The van der Waals surface area contributed by atoms with Gasteiger partial charge in [0.15, 0.2) is 0 Å². The van der Waals surface area contributed by atoms with Crippen LogP contribution in [0.15, 0.2) is 0 Å². The highest BCUT2D eigenvalue weighted by atomic mass is 15.4. The molecule has 0 aromatic carbocycles. The summed E-state index contributed by atoms with van der Waals surface area (Å²) in [5.74, 6) is 1.25. The van der Waals surface area contributed by atoms with Crippen molar-refractivity contribution in [3.63, 3.8) is 0 Å².